The Hall–Kier alpha value is -1.73. The highest BCUT2D eigenvalue weighted by atomic mass is 32.1. The van der Waals surface area contributed by atoms with Crippen molar-refractivity contribution in [1.29, 1.82) is 0 Å². The van der Waals surface area contributed by atoms with E-state index in [9.17, 15) is 5.11 Å². The number of hydrogen-bond donors (Lipinski definition) is 1. The Morgan fingerprint density at radius 2 is 2.07 bits per heavy atom. The zero-order valence-corrected chi connectivity index (χ0v) is 16.7. The maximum absolute atomic E-state index is 9.56. The monoisotopic (exact) mass is 384 g/mol. The van der Waals surface area contributed by atoms with E-state index in [4.69, 9.17) is 4.98 Å². The summed E-state index contributed by atoms with van der Waals surface area (Å²) in [7, 11) is 0. The zero-order valence-electron chi connectivity index (χ0n) is 15.9. The molecule has 0 saturated carbocycles. The van der Waals surface area contributed by atoms with E-state index >= 15 is 0 Å². The molecule has 1 saturated heterocycles. The number of aromatic nitrogens is 2. The molecule has 0 aliphatic carbocycles. The molecule has 3 heterocycles. The summed E-state index contributed by atoms with van der Waals surface area (Å²) in [6.07, 6.45) is 0.824. The second-order valence-corrected chi connectivity index (χ2v) is 8.04. The van der Waals surface area contributed by atoms with Gasteiger partial charge in [0, 0.05) is 45.4 Å². The van der Waals surface area contributed by atoms with Crippen molar-refractivity contribution in [2.24, 2.45) is 0 Å². The summed E-state index contributed by atoms with van der Waals surface area (Å²) in [5, 5.41) is 13.9. The highest BCUT2D eigenvalue weighted by Gasteiger charge is 2.27. The van der Waals surface area contributed by atoms with Gasteiger partial charge >= 0.3 is 0 Å². The second kappa shape index (κ2) is 8.52. The molecule has 0 amide bonds. The summed E-state index contributed by atoms with van der Waals surface area (Å²) in [5.74, 6) is 1.15. The normalized spacial score (nSPS) is 19.1. The first-order valence-corrected chi connectivity index (χ1v) is 10.7. The number of imidazole rings is 1. The Morgan fingerprint density at radius 1 is 1.19 bits per heavy atom. The fourth-order valence-electron chi connectivity index (χ4n) is 4.15. The third-order valence-electron chi connectivity index (χ3n) is 5.53. The third-order valence-corrected chi connectivity index (χ3v) is 6.26. The first kappa shape index (κ1) is 18.6. The molecule has 3 aromatic rings. The Kier molecular flexibility index (Phi) is 5.88. The van der Waals surface area contributed by atoms with Gasteiger partial charge in [-0.3, -0.25) is 9.80 Å². The van der Waals surface area contributed by atoms with E-state index in [1.807, 2.05) is 0 Å². The van der Waals surface area contributed by atoms with E-state index in [-0.39, 0.29) is 6.61 Å². The van der Waals surface area contributed by atoms with Gasteiger partial charge in [-0.25, -0.2) is 4.98 Å². The lowest BCUT2D eigenvalue weighted by molar-refractivity contribution is 0.0484. The van der Waals surface area contributed by atoms with Gasteiger partial charge in [-0.05, 0) is 47.9 Å². The summed E-state index contributed by atoms with van der Waals surface area (Å²) in [4.78, 5) is 9.91. The zero-order chi connectivity index (χ0) is 18.6. The lowest BCUT2D eigenvalue weighted by Crippen LogP contribution is -2.52. The van der Waals surface area contributed by atoms with Crippen molar-refractivity contribution in [2.45, 2.75) is 39.0 Å². The second-order valence-electron chi connectivity index (χ2n) is 7.26. The summed E-state index contributed by atoms with van der Waals surface area (Å²) in [6.45, 7) is 8.28. The topological polar surface area (TPSA) is 44.5 Å². The van der Waals surface area contributed by atoms with Crippen molar-refractivity contribution in [2.75, 3.05) is 26.2 Å². The number of thiophene rings is 1. The minimum atomic E-state index is 0.242. The Balaban J connectivity index is 1.47. The molecule has 6 heteroatoms. The molecule has 144 valence electrons. The number of fused-ring (bicyclic) bond motifs is 1. The standard InChI is InChI=1S/C21H28N4OS/c1-2-25-20-6-4-3-5-19(20)22-21(25)15-23-9-10-24(18(14-23)7-11-26)13-17-8-12-27-16-17/h3-6,8,12,16,18,26H,2,7,9-11,13-15H2,1H3. The van der Waals surface area contributed by atoms with Gasteiger partial charge in [-0.1, -0.05) is 12.1 Å². The molecule has 1 aromatic carbocycles. The van der Waals surface area contributed by atoms with Crippen LogP contribution in [-0.2, 0) is 19.6 Å². The summed E-state index contributed by atoms with van der Waals surface area (Å²) in [6, 6.07) is 11.0. The van der Waals surface area contributed by atoms with E-state index in [0.717, 1.165) is 57.0 Å². The molecule has 1 aliphatic rings. The highest BCUT2D eigenvalue weighted by molar-refractivity contribution is 7.07. The predicted molar refractivity (Wildman–Crippen MR) is 111 cm³/mol. The number of aryl methyl sites for hydroxylation is 1. The predicted octanol–water partition coefficient (Wildman–Crippen LogP) is 3.19. The van der Waals surface area contributed by atoms with Crippen LogP contribution in [0.1, 0.15) is 24.7 Å². The van der Waals surface area contributed by atoms with Crippen LogP contribution in [0.3, 0.4) is 0 Å². The molecule has 1 fully saturated rings. The van der Waals surface area contributed by atoms with Crippen LogP contribution in [-0.4, -0.2) is 56.7 Å². The largest absolute Gasteiger partial charge is 0.396 e. The minimum absolute atomic E-state index is 0.242. The first-order chi connectivity index (χ1) is 13.3. The Labute approximate surface area is 164 Å². The van der Waals surface area contributed by atoms with E-state index in [1.54, 1.807) is 11.3 Å². The molecule has 1 aliphatic heterocycles. The van der Waals surface area contributed by atoms with E-state index < -0.39 is 0 Å². The van der Waals surface area contributed by atoms with Crippen LogP contribution in [0.15, 0.2) is 41.1 Å². The van der Waals surface area contributed by atoms with E-state index in [0.29, 0.717) is 6.04 Å². The summed E-state index contributed by atoms with van der Waals surface area (Å²) >= 11 is 1.75. The molecule has 4 rings (SSSR count). The first-order valence-electron chi connectivity index (χ1n) is 9.81. The number of nitrogens with zero attached hydrogens (tertiary/aromatic N) is 4. The number of hydrogen-bond acceptors (Lipinski definition) is 5. The Morgan fingerprint density at radius 3 is 2.85 bits per heavy atom. The fourth-order valence-corrected chi connectivity index (χ4v) is 4.81. The summed E-state index contributed by atoms with van der Waals surface area (Å²) < 4.78 is 2.33. The van der Waals surface area contributed by atoms with Crippen molar-refractivity contribution in [1.82, 2.24) is 19.4 Å². The van der Waals surface area contributed by atoms with Gasteiger partial charge in [0.05, 0.1) is 17.6 Å². The van der Waals surface area contributed by atoms with Crippen LogP contribution in [0.4, 0.5) is 0 Å². The van der Waals surface area contributed by atoms with Crippen LogP contribution < -0.4 is 0 Å². The minimum Gasteiger partial charge on any atom is -0.396 e. The van der Waals surface area contributed by atoms with Crippen LogP contribution in [0.2, 0.25) is 0 Å². The van der Waals surface area contributed by atoms with E-state index in [1.165, 1.54) is 11.1 Å². The third kappa shape index (κ3) is 4.09. The molecule has 1 N–H and O–H groups in total. The number of piperazine rings is 1. The number of aliphatic hydroxyl groups is 1. The highest BCUT2D eigenvalue weighted by Crippen LogP contribution is 2.21. The lowest BCUT2D eigenvalue weighted by Gasteiger charge is -2.41. The van der Waals surface area contributed by atoms with Crippen molar-refractivity contribution >= 4 is 22.4 Å². The van der Waals surface area contributed by atoms with Crippen LogP contribution in [0.25, 0.3) is 11.0 Å². The Bertz CT molecular complexity index is 860. The van der Waals surface area contributed by atoms with Crippen LogP contribution in [0.5, 0.6) is 0 Å². The summed E-state index contributed by atoms with van der Waals surface area (Å²) in [5.41, 5.74) is 3.68. The van der Waals surface area contributed by atoms with Gasteiger partial charge in [0.1, 0.15) is 5.82 Å². The van der Waals surface area contributed by atoms with Gasteiger partial charge in [0.25, 0.3) is 0 Å². The average molecular weight is 385 g/mol. The van der Waals surface area contributed by atoms with Crippen molar-refractivity contribution in [3.8, 4) is 0 Å². The van der Waals surface area contributed by atoms with Gasteiger partial charge < -0.3 is 9.67 Å². The van der Waals surface area contributed by atoms with Gasteiger partial charge in [-0.15, -0.1) is 0 Å². The van der Waals surface area contributed by atoms with Gasteiger partial charge in [0.15, 0.2) is 0 Å². The van der Waals surface area contributed by atoms with Gasteiger partial charge in [0.2, 0.25) is 0 Å². The molecule has 0 bridgehead atoms. The van der Waals surface area contributed by atoms with Crippen LogP contribution in [0, 0.1) is 0 Å². The maximum atomic E-state index is 9.56. The molecule has 0 radical (unpaired) electrons. The number of benzene rings is 1. The molecule has 1 unspecified atom stereocenters. The van der Waals surface area contributed by atoms with Crippen molar-refractivity contribution < 1.29 is 5.11 Å². The van der Waals surface area contributed by atoms with E-state index in [2.05, 4.69) is 62.4 Å². The van der Waals surface area contributed by atoms with Crippen molar-refractivity contribution in [3.63, 3.8) is 0 Å². The number of para-hydroxylation sites is 2. The number of rotatable bonds is 7. The maximum Gasteiger partial charge on any atom is 0.124 e. The number of aliphatic hydroxyl groups excluding tert-OH is 1. The molecular formula is C21H28N4OS. The molecule has 0 spiro atoms. The van der Waals surface area contributed by atoms with Crippen molar-refractivity contribution in [3.05, 3.63) is 52.5 Å². The smallest absolute Gasteiger partial charge is 0.124 e. The molecule has 1 atom stereocenters. The molecule has 5 nitrogen and oxygen atoms in total. The lowest BCUT2D eigenvalue weighted by atomic mass is 10.1. The molecule has 27 heavy (non-hydrogen) atoms. The van der Waals surface area contributed by atoms with Crippen LogP contribution >= 0.6 is 11.3 Å². The van der Waals surface area contributed by atoms with Gasteiger partial charge in [-0.2, -0.15) is 11.3 Å². The quantitative estimate of drug-likeness (QED) is 0.679. The SMILES string of the molecule is CCn1c(CN2CCN(Cc3ccsc3)C(CCO)C2)nc2ccccc21. The molecular weight excluding hydrogens is 356 g/mol. The fraction of sp³-hybridized carbons (Fsp3) is 0.476. The average Bonchev–Trinajstić information content (AvgIpc) is 3.31. The molecule has 2 aromatic heterocycles.